The van der Waals surface area contributed by atoms with E-state index in [1.54, 1.807) is 7.11 Å². The highest BCUT2D eigenvalue weighted by atomic mass is 16.5. The number of fused-ring (bicyclic) bond motifs is 1. The second kappa shape index (κ2) is 5.36. The van der Waals surface area contributed by atoms with Gasteiger partial charge in [0.25, 0.3) is 5.56 Å². The number of nitrogens with zero attached hydrogens (tertiary/aromatic N) is 1. The van der Waals surface area contributed by atoms with Crippen LogP contribution in [-0.2, 0) is 12.8 Å². The molecule has 0 amide bonds. The summed E-state index contributed by atoms with van der Waals surface area (Å²) >= 11 is 0. The molecule has 0 spiro atoms. The first kappa shape index (κ1) is 12.7. The first-order chi connectivity index (χ1) is 9.76. The number of nitrogens with one attached hydrogen (secondary N) is 2. The Labute approximate surface area is 117 Å². The Morgan fingerprint density at radius 1 is 1.40 bits per heavy atom. The molecular weight excluding hydrogens is 254 g/mol. The molecule has 20 heavy (non-hydrogen) atoms. The lowest BCUT2D eigenvalue weighted by atomic mass is 10.1. The van der Waals surface area contributed by atoms with Crippen LogP contribution in [0.3, 0.4) is 0 Å². The average molecular weight is 271 g/mol. The molecular formula is C15H17N3O2. The lowest BCUT2D eigenvalue weighted by molar-refractivity contribution is 0.414. The summed E-state index contributed by atoms with van der Waals surface area (Å²) in [4.78, 5) is 19.4. The molecule has 2 heterocycles. The molecule has 0 bridgehead atoms. The minimum absolute atomic E-state index is 0.0277. The van der Waals surface area contributed by atoms with Gasteiger partial charge >= 0.3 is 0 Å². The van der Waals surface area contributed by atoms with Crippen LogP contribution in [0.5, 0.6) is 5.75 Å². The van der Waals surface area contributed by atoms with E-state index >= 15 is 0 Å². The van der Waals surface area contributed by atoms with Gasteiger partial charge in [0.15, 0.2) is 0 Å². The zero-order chi connectivity index (χ0) is 13.9. The van der Waals surface area contributed by atoms with E-state index in [1.807, 2.05) is 24.3 Å². The zero-order valence-corrected chi connectivity index (χ0v) is 11.4. The van der Waals surface area contributed by atoms with Crippen molar-refractivity contribution in [3.63, 3.8) is 0 Å². The molecule has 5 heteroatoms. The van der Waals surface area contributed by atoms with Crippen molar-refractivity contribution in [3.8, 4) is 5.75 Å². The molecule has 2 aromatic rings. The normalized spacial score (nSPS) is 13.4. The minimum Gasteiger partial charge on any atom is -0.497 e. The van der Waals surface area contributed by atoms with Crippen molar-refractivity contribution < 1.29 is 4.74 Å². The van der Waals surface area contributed by atoms with Crippen molar-refractivity contribution in [1.29, 1.82) is 0 Å². The van der Waals surface area contributed by atoms with Crippen molar-refractivity contribution in [1.82, 2.24) is 9.97 Å². The third-order valence-electron chi connectivity index (χ3n) is 3.47. The number of anilines is 1. The molecule has 3 rings (SSSR count). The molecule has 1 aliphatic heterocycles. The van der Waals surface area contributed by atoms with Crippen molar-refractivity contribution in [2.45, 2.75) is 19.3 Å². The number of ether oxygens (including phenoxy) is 1. The van der Waals surface area contributed by atoms with Crippen LogP contribution in [0.2, 0.25) is 0 Å². The Kier molecular flexibility index (Phi) is 3.41. The number of H-pyrrole nitrogens is 1. The van der Waals surface area contributed by atoms with E-state index in [-0.39, 0.29) is 5.56 Å². The number of rotatable bonds is 3. The van der Waals surface area contributed by atoms with Gasteiger partial charge in [-0.05, 0) is 30.5 Å². The highest BCUT2D eigenvalue weighted by Crippen LogP contribution is 2.18. The molecule has 2 N–H and O–H groups in total. The largest absolute Gasteiger partial charge is 0.497 e. The van der Waals surface area contributed by atoms with Crippen LogP contribution in [0.25, 0.3) is 0 Å². The van der Waals surface area contributed by atoms with Crippen LogP contribution in [0, 0.1) is 0 Å². The summed E-state index contributed by atoms with van der Waals surface area (Å²) < 4.78 is 5.20. The quantitative estimate of drug-likeness (QED) is 0.892. The van der Waals surface area contributed by atoms with Crippen LogP contribution < -0.4 is 15.6 Å². The third-order valence-corrected chi connectivity index (χ3v) is 3.47. The molecule has 1 aromatic carbocycles. The van der Waals surface area contributed by atoms with Crippen molar-refractivity contribution in [2.75, 3.05) is 19.0 Å². The second-order valence-electron chi connectivity index (χ2n) is 4.90. The smallest absolute Gasteiger partial charge is 0.256 e. The summed E-state index contributed by atoms with van der Waals surface area (Å²) in [6, 6.07) is 7.78. The van der Waals surface area contributed by atoms with Crippen LogP contribution in [0.15, 0.2) is 29.1 Å². The van der Waals surface area contributed by atoms with Crippen LogP contribution >= 0.6 is 0 Å². The van der Waals surface area contributed by atoms with Gasteiger partial charge in [0.1, 0.15) is 17.4 Å². The zero-order valence-electron chi connectivity index (χ0n) is 11.4. The van der Waals surface area contributed by atoms with Gasteiger partial charge in [0.2, 0.25) is 0 Å². The van der Waals surface area contributed by atoms with E-state index in [0.29, 0.717) is 12.2 Å². The second-order valence-corrected chi connectivity index (χ2v) is 4.90. The number of benzene rings is 1. The van der Waals surface area contributed by atoms with E-state index in [0.717, 1.165) is 42.1 Å². The highest BCUT2D eigenvalue weighted by molar-refractivity contribution is 5.45. The highest BCUT2D eigenvalue weighted by Gasteiger charge is 2.15. The van der Waals surface area contributed by atoms with Crippen molar-refractivity contribution >= 4 is 5.82 Å². The molecule has 0 saturated heterocycles. The Morgan fingerprint density at radius 2 is 2.30 bits per heavy atom. The number of hydrogen-bond acceptors (Lipinski definition) is 4. The monoisotopic (exact) mass is 271 g/mol. The average Bonchev–Trinajstić information content (AvgIpc) is 2.47. The molecule has 0 fully saturated rings. The van der Waals surface area contributed by atoms with E-state index in [4.69, 9.17) is 4.74 Å². The maximum absolute atomic E-state index is 12.0. The summed E-state index contributed by atoms with van der Waals surface area (Å²) in [6.45, 7) is 0.877. The molecule has 0 aliphatic carbocycles. The Hall–Kier alpha value is -2.30. The van der Waals surface area contributed by atoms with Gasteiger partial charge in [-0.3, -0.25) is 4.79 Å². The number of hydrogen-bond donors (Lipinski definition) is 2. The van der Waals surface area contributed by atoms with E-state index < -0.39 is 0 Å². The van der Waals surface area contributed by atoms with Gasteiger partial charge in [0, 0.05) is 13.0 Å². The number of aromatic nitrogens is 2. The maximum Gasteiger partial charge on any atom is 0.256 e. The van der Waals surface area contributed by atoms with E-state index in [9.17, 15) is 4.79 Å². The molecule has 0 atom stereocenters. The van der Waals surface area contributed by atoms with Crippen LogP contribution in [0.4, 0.5) is 5.82 Å². The predicted molar refractivity (Wildman–Crippen MR) is 77.5 cm³/mol. The molecule has 1 aliphatic rings. The summed E-state index contributed by atoms with van der Waals surface area (Å²) in [6.07, 6.45) is 2.36. The molecule has 1 aromatic heterocycles. The van der Waals surface area contributed by atoms with Gasteiger partial charge in [-0.15, -0.1) is 0 Å². The molecule has 5 nitrogen and oxygen atoms in total. The van der Waals surface area contributed by atoms with E-state index in [1.165, 1.54) is 0 Å². The predicted octanol–water partition coefficient (Wildman–Crippen LogP) is 1.73. The maximum atomic E-state index is 12.0. The third kappa shape index (κ3) is 2.52. The van der Waals surface area contributed by atoms with Crippen molar-refractivity contribution in [2.24, 2.45) is 0 Å². The SMILES string of the molecule is COc1cccc(Cc2nc3c(c(=O)[nH]2)CCCN3)c1. The Bertz CT molecular complexity index is 679. The fourth-order valence-electron chi connectivity index (χ4n) is 2.45. The van der Waals surface area contributed by atoms with Crippen LogP contribution in [0.1, 0.15) is 23.4 Å². The summed E-state index contributed by atoms with van der Waals surface area (Å²) in [5, 5.41) is 3.20. The van der Waals surface area contributed by atoms with Crippen molar-refractivity contribution in [3.05, 3.63) is 51.6 Å². The van der Waals surface area contributed by atoms with Gasteiger partial charge in [-0.1, -0.05) is 12.1 Å². The number of methoxy groups -OCH3 is 1. The van der Waals surface area contributed by atoms with Gasteiger partial charge in [-0.2, -0.15) is 0 Å². The lowest BCUT2D eigenvalue weighted by Gasteiger charge is -2.16. The lowest BCUT2D eigenvalue weighted by Crippen LogP contribution is -2.25. The van der Waals surface area contributed by atoms with E-state index in [2.05, 4.69) is 15.3 Å². The van der Waals surface area contributed by atoms with Gasteiger partial charge in [-0.25, -0.2) is 4.98 Å². The number of aromatic amines is 1. The molecule has 0 unspecified atom stereocenters. The van der Waals surface area contributed by atoms with Crippen LogP contribution in [-0.4, -0.2) is 23.6 Å². The first-order valence-electron chi connectivity index (χ1n) is 6.75. The Balaban J connectivity index is 1.91. The first-order valence-corrected chi connectivity index (χ1v) is 6.75. The summed E-state index contributed by atoms with van der Waals surface area (Å²) in [5.74, 6) is 2.22. The molecule has 0 saturated carbocycles. The topological polar surface area (TPSA) is 67.0 Å². The molecule has 104 valence electrons. The fraction of sp³-hybridized carbons (Fsp3) is 0.333. The standard InChI is InChI=1S/C15H17N3O2/c1-20-11-5-2-4-10(8-11)9-13-17-14-12(15(19)18-13)6-3-7-16-14/h2,4-5,8H,3,6-7,9H2,1H3,(H2,16,17,18,19). The molecule has 0 radical (unpaired) electrons. The van der Waals surface area contributed by atoms with Gasteiger partial charge in [0.05, 0.1) is 12.7 Å². The Morgan fingerprint density at radius 3 is 3.15 bits per heavy atom. The minimum atomic E-state index is -0.0277. The summed E-state index contributed by atoms with van der Waals surface area (Å²) in [7, 11) is 1.64. The summed E-state index contributed by atoms with van der Waals surface area (Å²) in [5.41, 5.74) is 1.80. The van der Waals surface area contributed by atoms with Gasteiger partial charge < -0.3 is 15.0 Å². The fourth-order valence-corrected chi connectivity index (χ4v) is 2.45.